The maximum Gasteiger partial charge on any atom is 0.413 e. The fourth-order valence-corrected chi connectivity index (χ4v) is 26.0. The van der Waals surface area contributed by atoms with Gasteiger partial charge in [-0.25, -0.2) is 35.9 Å². The number of ether oxygens (including phenoxy) is 9. The van der Waals surface area contributed by atoms with Crippen molar-refractivity contribution in [3.63, 3.8) is 0 Å². The van der Waals surface area contributed by atoms with Crippen molar-refractivity contribution in [3.8, 4) is 0 Å². The minimum Gasteiger partial charge on any atom is -0.444 e. The number of hydrogen-bond acceptors (Lipinski definition) is 26. The molecule has 6 aliphatic carbocycles. The molecule has 143 heavy (non-hydrogen) atoms. The lowest BCUT2D eigenvalue weighted by Crippen LogP contribution is -2.43. The maximum atomic E-state index is 14.9. The highest BCUT2D eigenvalue weighted by Gasteiger charge is 2.59. The van der Waals surface area contributed by atoms with E-state index in [4.69, 9.17) is 82.0 Å². The first-order chi connectivity index (χ1) is 68.2. The topological polar surface area (TPSA) is 369 Å². The third-order valence-electron chi connectivity index (χ3n) is 28.3. The third-order valence-corrected chi connectivity index (χ3v) is 31.6. The van der Waals surface area contributed by atoms with Gasteiger partial charge in [0.15, 0.2) is 15.5 Å². The number of halogens is 6. The molecule has 0 spiro atoms. The van der Waals surface area contributed by atoms with Gasteiger partial charge in [0.05, 0.1) is 81.9 Å². The summed E-state index contributed by atoms with van der Waals surface area (Å²) in [5, 5.41) is 40.3. The van der Waals surface area contributed by atoms with E-state index in [1.54, 1.807) is 144 Å². The molecule has 0 unspecified atom stereocenters. The van der Waals surface area contributed by atoms with Crippen LogP contribution < -0.4 is 33.2 Å². The summed E-state index contributed by atoms with van der Waals surface area (Å²) >= 11 is 9.87. The molecular formula is C107H138F6N10O16S4. The number of carbonyl (C=O) groups is 3. The number of anilines is 1. The van der Waals surface area contributed by atoms with Crippen LogP contribution in [0, 0.1) is 80.5 Å². The second-order valence-electron chi connectivity index (χ2n) is 39.8. The number of benzene rings is 7. The average molecular weight is 2060 g/mol. The zero-order valence-corrected chi connectivity index (χ0v) is 86.7. The van der Waals surface area contributed by atoms with Crippen LogP contribution >= 0.6 is 47.5 Å². The van der Waals surface area contributed by atoms with Gasteiger partial charge in [-0.3, -0.25) is 40.5 Å². The number of carbonyl (C=O) groups excluding carboxylic acids is 3. The number of fused-ring (bicyclic) bond motifs is 4. The maximum absolute atomic E-state index is 14.9. The number of aliphatic imine (C=N–C) groups is 3. The van der Waals surface area contributed by atoms with Crippen LogP contribution in [0.15, 0.2) is 179 Å². The number of amidine groups is 3. The molecule has 3 amide bonds. The molecule has 18 atom stereocenters. The predicted molar refractivity (Wildman–Crippen MR) is 551 cm³/mol. The number of nitrogens with two attached hydrogens (primary N) is 3. The molecule has 26 nitrogen and oxygen atoms in total. The van der Waals surface area contributed by atoms with Crippen molar-refractivity contribution >= 4 is 97.5 Å². The number of nitrogens with one attached hydrogen (secondary N) is 3. The zero-order chi connectivity index (χ0) is 103. The number of nitrogen functional groups attached to an aromatic ring is 1. The van der Waals surface area contributed by atoms with Crippen LogP contribution in [0.4, 0.5) is 47.3 Å². The normalized spacial score (nSPS) is 28.5. The van der Waals surface area contributed by atoms with E-state index in [1.165, 1.54) is 53.9 Å². The van der Waals surface area contributed by atoms with Crippen molar-refractivity contribution in [1.82, 2.24) is 16.0 Å². The predicted octanol–water partition coefficient (Wildman–Crippen LogP) is 20.0. The van der Waals surface area contributed by atoms with Gasteiger partial charge in [0, 0.05) is 176 Å². The van der Waals surface area contributed by atoms with Gasteiger partial charge in [-0.15, -0.1) is 0 Å². The molecule has 11 N–H and O–H groups in total. The van der Waals surface area contributed by atoms with Crippen LogP contribution in [0.25, 0.3) is 0 Å². The Hall–Kier alpha value is -9.12. The molecule has 10 aliphatic rings. The molecule has 7 fully saturated rings. The van der Waals surface area contributed by atoms with E-state index < -0.39 is 61.7 Å². The molecule has 1 saturated heterocycles. The Balaban J connectivity index is 0.000000155. The van der Waals surface area contributed by atoms with Gasteiger partial charge in [0.25, 0.3) is 11.6 Å². The molecule has 0 bridgehead atoms. The van der Waals surface area contributed by atoms with Crippen LogP contribution in [0.5, 0.6) is 0 Å². The summed E-state index contributed by atoms with van der Waals surface area (Å²) in [4.78, 5) is 62.3. The van der Waals surface area contributed by atoms with Gasteiger partial charge in [0.2, 0.25) is 0 Å². The largest absolute Gasteiger partial charge is 0.444 e. The fourth-order valence-electron chi connectivity index (χ4n) is 22.4. The van der Waals surface area contributed by atoms with E-state index in [-0.39, 0.29) is 138 Å². The summed E-state index contributed by atoms with van der Waals surface area (Å²) < 4.78 is 138. The zero-order valence-electron chi connectivity index (χ0n) is 83.4. The Morgan fingerprint density at radius 3 is 1.33 bits per heavy atom. The summed E-state index contributed by atoms with van der Waals surface area (Å²) in [6.07, 6.45) is 7.44. The number of aliphatic hydroxyl groups excluding tert-OH is 2. The van der Waals surface area contributed by atoms with Gasteiger partial charge in [-0.05, 0) is 224 Å². The first kappa shape index (κ1) is 113. The highest BCUT2D eigenvalue weighted by atomic mass is 32.2. The number of non-ortho nitro benzene ring substituents is 1. The summed E-state index contributed by atoms with van der Waals surface area (Å²) in [7, 11) is 0. The number of nitrogens with zero attached hydrogens (tertiary/aromatic N) is 4. The number of thioether (sulfide) groups is 3. The van der Waals surface area contributed by atoms with Crippen LogP contribution in [-0.4, -0.2) is 185 Å². The third kappa shape index (κ3) is 27.3. The smallest absolute Gasteiger partial charge is 0.413 e. The number of rotatable bonds is 24. The Morgan fingerprint density at radius 2 is 0.867 bits per heavy atom. The Kier molecular flexibility index (Phi) is 39.4. The fraction of sp³-hybridized carbons (Fsp3) is 0.542. The van der Waals surface area contributed by atoms with Crippen molar-refractivity contribution in [2.45, 2.75) is 247 Å². The van der Waals surface area contributed by atoms with E-state index >= 15 is 0 Å². The van der Waals surface area contributed by atoms with Gasteiger partial charge in [-0.1, -0.05) is 138 Å². The first-order valence-electron chi connectivity index (χ1n) is 49.3. The van der Waals surface area contributed by atoms with Crippen LogP contribution in [-0.2, 0) is 75.6 Å². The monoisotopic (exact) mass is 2060 g/mol. The minimum atomic E-state index is -1.05. The van der Waals surface area contributed by atoms with E-state index in [0.717, 1.165) is 62.3 Å². The van der Waals surface area contributed by atoms with Gasteiger partial charge >= 0.3 is 12.2 Å². The Labute approximate surface area is 852 Å². The standard InChI is InChI=1S/C23H26FNO3S.C20H26FN3O5S.C20H28FN3O3S.C15H19FN2OS.C15H19FO2.C14H20FNO2/c1-2-28-18-12-17(15-26)23(13-18,19-10-6-7-11-20(19)24)14-21(29)25-22(27)16-8-4-3-5-9-16;1-5-28-14-8-12-11-30-17(22-18(25)29-19(2,3)4)23-20(12,10-14)15-9-13(24(26)27)6-7-16(15)21;1-5-26-14-8-12-11-28-17(23-18(25)27-19(2,3)4)24-20(12,10-14)15-9-13(22)6-7-16(15)21;1-2-19-11-7-10-9-20-14(17)18-15(10,8-11)12-5-3-4-6-13(12)16;1-2-18-12-7-11-9-17-10-15(11,8-12)13-5-3-4-6-14(13)16;1-2-18-11-7-10(9-17)14(16,8-11)12-5-3-4-6-13(12)15/h3-11,17-18,26H,2,12-15H2,1H3,(H,25,27,29);6-7,9,12,14H,5,8,10-11H2,1-4H3,(H,22,23,25);6-7,9,12,14H,5,8,10-11,22H2,1-4H3,(H,23,24,25);3-6,10-11H,2,7-9H2,1H3,(H2,17,18);3-6,11-12H,2,7-10H2,1H3;3-6,10-11,17H,2,7-9,16H2,1H3/t17-,18+,23-;2*12-,14+,20-;10-,11+,15-;11-,12+,15-;10-,11+,14-/m000000/s1. The average Bonchev–Trinajstić information content (AvgIpc) is 1.60. The van der Waals surface area contributed by atoms with Crippen molar-refractivity contribution in [2.75, 3.05) is 89.1 Å². The summed E-state index contributed by atoms with van der Waals surface area (Å²) in [5.41, 5.74) is 16.7. The molecule has 7 aromatic rings. The van der Waals surface area contributed by atoms with Gasteiger partial charge in [0.1, 0.15) is 46.1 Å². The molecule has 6 saturated carbocycles. The summed E-state index contributed by atoms with van der Waals surface area (Å²) in [6.45, 7) is 27.2. The molecule has 4 heterocycles. The first-order valence-corrected chi connectivity index (χ1v) is 52.7. The quantitative estimate of drug-likeness (QED) is 0.00916. The second-order valence-corrected chi connectivity index (χ2v) is 43.3. The van der Waals surface area contributed by atoms with Crippen molar-refractivity contribution in [1.29, 1.82) is 0 Å². The number of nitro groups is 1. The Bertz CT molecular complexity index is 5590. The second kappa shape index (κ2) is 50.1. The number of amides is 3. The number of nitro benzene ring substituents is 1. The molecule has 778 valence electrons. The number of aliphatic hydroxyl groups is 2. The van der Waals surface area contributed by atoms with E-state index in [0.29, 0.717) is 162 Å². The lowest BCUT2D eigenvalue weighted by molar-refractivity contribution is -0.385. The molecule has 0 aromatic heterocycles. The van der Waals surface area contributed by atoms with Crippen molar-refractivity contribution in [3.05, 3.63) is 248 Å². The van der Waals surface area contributed by atoms with Crippen LogP contribution in [0.3, 0.4) is 0 Å². The van der Waals surface area contributed by atoms with Crippen LogP contribution in [0.1, 0.15) is 210 Å². The van der Waals surface area contributed by atoms with Crippen molar-refractivity contribution in [2.24, 2.45) is 62.0 Å². The minimum absolute atomic E-state index is 0.00300. The summed E-state index contributed by atoms with van der Waals surface area (Å²) in [5.74, 6) is 0.318. The SMILES string of the molecule is CCO[C@@H]1C[C@@H](CO)[C@](CC(=S)NC(=O)c2ccccc2)(c2ccccc2F)C1.CCO[C@@H]1C[C@@H](CO)[C@](N)(c2ccccc2F)C1.CCO[C@@H]1C[C@H]2COC[C@@]2(c2ccccc2F)C1.CCO[C@@H]1C[C@H]2CSC(N)=N[C@@]2(c2ccccc2F)C1.CCO[C@@H]1C[C@H]2CSC(NC(=O)OC(C)(C)C)=N[C@@]2(c2cc(N)ccc2F)C1.CCO[C@@H]1C[C@H]2CSC(NC(=O)OC(C)(C)C)=N[C@@]2(c2cc([N+](=O)[O-])ccc2F)C1. The highest BCUT2D eigenvalue weighted by molar-refractivity contribution is 8.14. The van der Waals surface area contributed by atoms with Crippen molar-refractivity contribution < 1.29 is 98.5 Å². The molecule has 4 aliphatic heterocycles. The van der Waals surface area contributed by atoms with E-state index in [9.17, 15) is 61.1 Å². The molecule has 0 radical (unpaired) electrons. The molecule has 36 heteroatoms. The van der Waals surface area contributed by atoms with Crippen LogP contribution in [0.2, 0.25) is 0 Å². The molecule has 17 rings (SSSR count). The lowest BCUT2D eigenvalue weighted by atomic mass is 9.69. The van der Waals surface area contributed by atoms with E-state index in [1.807, 2.05) is 71.9 Å². The van der Waals surface area contributed by atoms with Gasteiger partial charge in [-0.2, -0.15) is 0 Å². The highest BCUT2D eigenvalue weighted by Crippen LogP contribution is 2.58. The summed E-state index contributed by atoms with van der Waals surface area (Å²) in [6, 6.07) is 44.0. The lowest BCUT2D eigenvalue weighted by Gasteiger charge is -2.36. The molecular weight excluding hydrogens is 1920 g/mol. The molecule has 7 aromatic carbocycles. The number of thiocarbonyl (C=S) groups is 1. The van der Waals surface area contributed by atoms with Gasteiger partial charge < -0.3 is 75.4 Å². The number of hydrogen-bond donors (Lipinski definition) is 8. The number of alkyl carbamates (subject to hydrolysis) is 2. The Morgan fingerprint density at radius 1 is 0.476 bits per heavy atom. The van der Waals surface area contributed by atoms with E-state index in [2.05, 4.69) is 20.9 Å².